The molecular weight excluding hydrogens is 248 g/mol. The van der Waals surface area contributed by atoms with Gasteiger partial charge in [-0.25, -0.2) is 0 Å². The zero-order valence-electron chi connectivity index (χ0n) is 10.3. The molecule has 4 heteroatoms. The van der Waals surface area contributed by atoms with Gasteiger partial charge >= 0.3 is 0 Å². The van der Waals surface area contributed by atoms with E-state index in [2.05, 4.69) is 0 Å². The number of amides is 1. The Labute approximate surface area is 112 Å². The van der Waals surface area contributed by atoms with Crippen molar-refractivity contribution in [2.45, 2.75) is 31.1 Å². The minimum absolute atomic E-state index is 0.225. The molecule has 0 bridgehead atoms. The molecule has 2 N–H and O–H groups in total. The number of benzene rings is 1. The van der Waals surface area contributed by atoms with Crippen LogP contribution in [0, 0.1) is 0 Å². The van der Waals surface area contributed by atoms with Crippen LogP contribution >= 0.6 is 11.6 Å². The van der Waals surface area contributed by atoms with Gasteiger partial charge in [-0.3, -0.25) is 4.79 Å². The zero-order valence-corrected chi connectivity index (χ0v) is 11.0. The lowest BCUT2D eigenvalue weighted by atomic mass is 9.80. The van der Waals surface area contributed by atoms with Crippen LogP contribution in [0.1, 0.15) is 31.2 Å². The van der Waals surface area contributed by atoms with E-state index in [-0.39, 0.29) is 11.3 Å². The molecule has 0 aromatic heterocycles. The maximum absolute atomic E-state index is 12.7. The van der Waals surface area contributed by atoms with Gasteiger partial charge in [0.2, 0.25) is 5.91 Å². The Morgan fingerprint density at radius 3 is 2.72 bits per heavy atom. The Kier molecular flexibility index (Phi) is 2.83. The van der Waals surface area contributed by atoms with Gasteiger partial charge in [-0.05, 0) is 30.5 Å². The minimum Gasteiger partial charge on any atom is -0.329 e. The summed E-state index contributed by atoms with van der Waals surface area (Å²) in [5.74, 6) is 0.225. The van der Waals surface area contributed by atoms with Gasteiger partial charge in [0.25, 0.3) is 0 Å². The predicted molar refractivity (Wildman–Crippen MR) is 73.0 cm³/mol. The number of hydrogen-bond donors (Lipinski definition) is 1. The molecule has 1 aromatic carbocycles. The average molecular weight is 265 g/mol. The average Bonchev–Trinajstić information content (AvgIpc) is 2.92. The lowest BCUT2D eigenvalue weighted by molar-refractivity contribution is -0.123. The van der Waals surface area contributed by atoms with Gasteiger partial charge in [-0.1, -0.05) is 30.5 Å². The smallest absolute Gasteiger partial charge is 0.237 e. The quantitative estimate of drug-likeness (QED) is 0.892. The molecule has 1 aliphatic heterocycles. The highest BCUT2D eigenvalue weighted by molar-refractivity contribution is 6.31. The molecule has 2 aliphatic rings. The van der Waals surface area contributed by atoms with Crippen molar-refractivity contribution in [2.24, 2.45) is 5.73 Å². The number of nitrogens with two attached hydrogens (primary N) is 1. The Morgan fingerprint density at radius 1 is 1.33 bits per heavy atom. The maximum Gasteiger partial charge on any atom is 0.237 e. The van der Waals surface area contributed by atoms with E-state index < -0.39 is 0 Å². The predicted octanol–water partition coefficient (Wildman–Crippen LogP) is 2.46. The highest BCUT2D eigenvalue weighted by atomic mass is 35.5. The molecule has 1 saturated carbocycles. The normalized spacial score (nSPS) is 20.8. The second-order valence-corrected chi connectivity index (χ2v) is 5.63. The molecule has 0 radical (unpaired) electrons. The van der Waals surface area contributed by atoms with Crippen molar-refractivity contribution in [3.63, 3.8) is 0 Å². The highest BCUT2D eigenvalue weighted by Crippen LogP contribution is 2.51. The monoisotopic (exact) mass is 264 g/mol. The van der Waals surface area contributed by atoms with Crippen LogP contribution in [0.5, 0.6) is 0 Å². The molecule has 96 valence electrons. The van der Waals surface area contributed by atoms with Crippen LogP contribution in [0.2, 0.25) is 5.02 Å². The second kappa shape index (κ2) is 4.25. The summed E-state index contributed by atoms with van der Waals surface area (Å²) in [4.78, 5) is 14.5. The van der Waals surface area contributed by atoms with E-state index in [0.29, 0.717) is 18.1 Å². The van der Waals surface area contributed by atoms with Gasteiger partial charge in [0.1, 0.15) is 0 Å². The fourth-order valence-corrected chi connectivity index (χ4v) is 3.59. The van der Waals surface area contributed by atoms with Crippen LogP contribution in [0.15, 0.2) is 18.2 Å². The van der Waals surface area contributed by atoms with Gasteiger partial charge in [0.15, 0.2) is 0 Å². The Morgan fingerprint density at radius 2 is 2.06 bits per heavy atom. The number of anilines is 1. The molecule has 1 spiro atoms. The third kappa shape index (κ3) is 1.50. The SMILES string of the molecule is NCCN1C(=O)C2(CCCC2)c2ccc(Cl)cc21. The zero-order chi connectivity index (χ0) is 12.8. The number of carbonyl (C=O) groups is 1. The molecule has 18 heavy (non-hydrogen) atoms. The molecular formula is C14H17ClN2O. The van der Waals surface area contributed by atoms with E-state index in [1.165, 1.54) is 0 Å². The van der Waals surface area contributed by atoms with Crippen LogP contribution in [0.3, 0.4) is 0 Å². The lowest BCUT2D eigenvalue weighted by Gasteiger charge is -2.23. The van der Waals surface area contributed by atoms with Crippen LogP contribution < -0.4 is 10.6 Å². The van der Waals surface area contributed by atoms with Gasteiger partial charge in [0.05, 0.1) is 5.41 Å². The first-order valence-electron chi connectivity index (χ1n) is 6.51. The number of carbonyl (C=O) groups excluding carboxylic acids is 1. The fourth-order valence-electron chi connectivity index (χ4n) is 3.43. The number of fused-ring (bicyclic) bond motifs is 2. The fraction of sp³-hybridized carbons (Fsp3) is 0.500. The molecule has 1 heterocycles. The molecule has 0 saturated heterocycles. The first kappa shape index (κ1) is 12.0. The van der Waals surface area contributed by atoms with E-state index in [1.807, 2.05) is 23.1 Å². The standard InChI is InChI=1S/C14H17ClN2O/c15-10-3-4-11-12(9-10)17(8-7-16)13(18)14(11)5-1-2-6-14/h3-4,9H,1-2,5-8,16H2. The van der Waals surface area contributed by atoms with E-state index in [4.69, 9.17) is 17.3 Å². The minimum atomic E-state index is -0.283. The topological polar surface area (TPSA) is 46.3 Å². The molecule has 1 aromatic rings. The summed E-state index contributed by atoms with van der Waals surface area (Å²) in [5.41, 5.74) is 7.47. The van der Waals surface area contributed by atoms with Crippen LogP contribution in [-0.2, 0) is 10.2 Å². The summed E-state index contributed by atoms with van der Waals surface area (Å²) in [6, 6.07) is 5.81. The summed E-state index contributed by atoms with van der Waals surface area (Å²) in [6.07, 6.45) is 4.18. The molecule has 1 aliphatic carbocycles. The van der Waals surface area contributed by atoms with Crippen molar-refractivity contribution in [1.29, 1.82) is 0 Å². The van der Waals surface area contributed by atoms with Crippen molar-refractivity contribution < 1.29 is 4.79 Å². The van der Waals surface area contributed by atoms with Gasteiger partial charge in [0, 0.05) is 23.8 Å². The third-order valence-electron chi connectivity index (χ3n) is 4.23. The summed E-state index contributed by atoms with van der Waals surface area (Å²) >= 11 is 6.06. The Bertz CT molecular complexity index is 495. The first-order valence-corrected chi connectivity index (χ1v) is 6.89. The number of nitrogens with zero attached hydrogens (tertiary/aromatic N) is 1. The van der Waals surface area contributed by atoms with Crippen LogP contribution in [0.4, 0.5) is 5.69 Å². The van der Waals surface area contributed by atoms with Crippen molar-refractivity contribution in [3.05, 3.63) is 28.8 Å². The molecule has 0 unspecified atom stereocenters. The van der Waals surface area contributed by atoms with Crippen molar-refractivity contribution >= 4 is 23.2 Å². The van der Waals surface area contributed by atoms with Crippen molar-refractivity contribution in [1.82, 2.24) is 0 Å². The molecule has 3 rings (SSSR count). The van der Waals surface area contributed by atoms with Crippen LogP contribution in [-0.4, -0.2) is 19.0 Å². The second-order valence-electron chi connectivity index (χ2n) is 5.20. The van der Waals surface area contributed by atoms with E-state index in [9.17, 15) is 4.79 Å². The third-order valence-corrected chi connectivity index (χ3v) is 4.47. The molecule has 0 atom stereocenters. The largest absolute Gasteiger partial charge is 0.329 e. The number of rotatable bonds is 2. The molecule has 3 nitrogen and oxygen atoms in total. The van der Waals surface area contributed by atoms with Gasteiger partial charge in [-0.2, -0.15) is 0 Å². The lowest BCUT2D eigenvalue weighted by Crippen LogP contribution is -2.40. The van der Waals surface area contributed by atoms with E-state index in [1.54, 1.807) is 0 Å². The summed E-state index contributed by atoms with van der Waals surface area (Å²) < 4.78 is 0. The summed E-state index contributed by atoms with van der Waals surface area (Å²) in [5, 5.41) is 0.679. The summed E-state index contributed by atoms with van der Waals surface area (Å²) in [7, 11) is 0. The number of halogens is 1. The Balaban J connectivity index is 2.14. The van der Waals surface area contributed by atoms with Crippen molar-refractivity contribution in [2.75, 3.05) is 18.0 Å². The van der Waals surface area contributed by atoms with E-state index in [0.717, 1.165) is 36.9 Å². The van der Waals surface area contributed by atoms with E-state index >= 15 is 0 Å². The maximum atomic E-state index is 12.7. The van der Waals surface area contributed by atoms with Gasteiger partial charge < -0.3 is 10.6 Å². The Hall–Kier alpha value is -1.06. The number of hydrogen-bond acceptors (Lipinski definition) is 2. The summed E-state index contributed by atoms with van der Waals surface area (Å²) in [6.45, 7) is 1.06. The highest BCUT2D eigenvalue weighted by Gasteiger charge is 2.51. The molecule has 1 fully saturated rings. The van der Waals surface area contributed by atoms with Gasteiger partial charge in [-0.15, -0.1) is 0 Å². The molecule has 1 amide bonds. The first-order chi connectivity index (χ1) is 8.69. The van der Waals surface area contributed by atoms with Crippen molar-refractivity contribution in [3.8, 4) is 0 Å². The van der Waals surface area contributed by atoms with Crippen LogP contribution in [0.25, 0.3) is 0 Å².